The Morgan fingerprint density at radius 1 is 1.52 bits per heavy atom. The van der Waals surface area contributed by atoms with E-state index in [2.05, 4.69) is 31.5 Å². The first-order valence-corrected chi connectivity index (χ1v) is 7.27. The molecule has 0 bridgehead atoms. The minimum atomic E-state index is -0.920. The molecule has 2 aromatic rings. The summed E-state index contributed by atoms with van der Waals surface area (Å²) < 4.78 is 15.4. The summed E-state index contributed by atoms with van der Waals surface area (Å²) in [6.07, 6.45) is 1.35. The fourth-order valence-corrected chi connectivity index (χ4v) is 2.36. The zero-order valence-electron chi connectivity index (χ0n) is 11.3. The highest BCUT2D eigenvalue weighted by molar-refractivity contribution is 9.10. The van der Waals surface area contributed by atoms with E-state index >= 15 is 0 Å². The third-order valence-electron chi connectivity index (χ3n) is 3.05. The molecule has 0 aliphatic carbocycles. The van der Waals surface area contributed by atoms with E-state index < -0.39 is 11.8 Å². The van der Waals surface area contributed by atoms with Crippen molar-refractivity contribution in [1.82, 2.24) is 20.2 Å². The van der Waals surface area contributed by atoms with Gasteiger partial charge in [-0.1, -0.05) is 13.3 Å². The Labute approximate surface area is 129 Å². The Morgan fingerprint density at radius 3 is 2.90 bits per heavy atom. The number of aromatic nitrogens is 4. The van der Waals surface area contributed by atoms with Crippen LogP contribution in [-0.4, -0.2) is 31.3 Å². The maximum absolute atomic E-state index is 13.6. The molecule has 6 nitrogen and oxygen atoms in total. The molecule has 21 heavy (non-hydrogen) atoms. The smallest absolute Gasteiger partial charge is 0.305 e. The summed E-state index contributed by atoms with van der Waals surface area (Å²) in [5.41, 5.74) is 0.507. The molecular formula is C13H14BrFN4O2. The number of carboxylic acids is 1. The van der Waals surface area contributed by atoms with Crippen LogP contribution in [0, 0.1) is 5.82 Å². The largest absolute Gasteiger partial charge is 0.481 e. The Hall–Kier alpha value is -1.83. The highest BCUT2D eigenvalue weighted by Crippen LogP contribution is 2.26. The molecule has 0 radical (unpaired) electrons. The lowest BCUT2D eigenvalue weighted by Crippen LogP contribution is -2.16. The Bertz CT molecular complexity index is 647. The number of aliphatic carboxylic acids is 1. The van der Waals surface area contributed by atoms with Crippen LogP contribution in [0.2, 0.25) is 0 Å². The normalized spacial score (nSPS) is 12.3. The van der Waals surface area contributed by atoms with Crippen molar-refractivity contribution in [2.75, 3.05) is 0 Å². The fourth-order valence-electron chi connectivity index (χ4n) is 2.11. The third kappa shape index (κ3) is 3.63. The van der Waals surface area contributed by atoms with Gasteiger partial charge in [-0.15, -0.1) is 5.10 Å². The summed E-state index contributed by atoms with van der Waals surface area (Å²) in [6.45, 7) is 1.96. The molecule has 112 valence electrons. The van der Waals surface area contributed by atoms with E-state index in [0.717, 1.165) is 6.42 Å². The Balaban J connectivity index is 2.39. The summed E-state index contributed by atoms with van der Waals surface area (Å²) in [5.74, 6) is -0.981. The van der Waals surface area contributed by atoms with Crippen LogP contribution in [0.4, 0.5) is 4.39 Å². The quantitative estimate of drug-likeness (QED) is 0.859. The molecule has 1 unspecified atom stereocenters. The molecule has 1 N–H and O–H groups in total. The van der Waals surface area contributed by atoms with Crippen molar-refractivity contribution in [3.05, 3.63) is 28.5 Å². The summed E-state index contributed by atoms with van der Waals surface area (Å²) in [4.78, 5) is 11.0. The van der Waals surface area contributed by atoms with Crippen molar-refractivity contribution < 1.29 is 14.3 Å². The summed E-state index contributed by atoms with van der Waals surface area (Å²) in [7, 11) is 0. The van der Waals surface area contributed by atoms with Crippen molar-refractivity contribution in [2.24, 2.45) is 0 Å². The van der Waals surface area contributed by atoms with Crippen LogP contribution < -0.4 is 0 Å². The topological polar surface area (TPSA) is 80.9 Å². The zero-order valence-corrected chi connectivity index (χ0v) is 12.9. The SMILES string of the molecule is CCCC(CC(=O)O)n1nnnc1-c1ccc(Br)c(F)c1. The molecule has 0 saturated heterocycles. The van der Waals surface area contributed by atoms with E-state index in [0.29, 0.717) is 22.3 Å². The van der Waals surface area contributed by atoms with E-state index in [1.165, 1.54) is 10.7 Å². The maximum atomic E-state index is 13.6. The van der Waals surface area contributed by atoms with Gasteiger partial charge in [0, 0.05) is 5.56 Å². The molecule has 0 spiro atoms. The van der Waals surface area contributed by atoms with Gasteiger partial charge in [-0.05, 0) is 51.0 Å². The molecule has 1 aromatic heterocycles. The number of hydrogen-bond donors (Lipinski definition) is 1. The third-order valence-corrected chi connectivity index (χ3v) is 3.69. The Kier molecular flexibility index (Phi) is 5.00. The molecule has 1 aromatic carbocycles. The number of carbonyl (C=O) groups is 1. The first-order chi connectivity index (χ1) is 10.0. The molecular weight excluding hydrogens is 343 g/mol. The van der Waals surface area contributed by atoms with Crippen LogP contribution in [0.1, 0.15) is 32.2 Å². The second-order valence-electron chi connectivity index (χ2n) is 4.62. The first-order valence-electron chi connectivity index (χ1n) is 6.48. The molecule has 0 saturated carbocycles. The van der Waals surface area contributed by atoms with Crippen LogP contribution in [0.15, 0.2) is 22.7 Å². The molecule has 0 fully saturated rings. The van der Waals surface area contributed by atoms with E-state index in [1.54, 1.807) is 12.1 Å². The van der Waals surface area contributed by atoms with E-state index in [1.807, 2.05) is 6.92 Å². The van der Waals surface area contributed by atoms with Gasteiger partial charge in [0.05, 0.1) is 16.9 Å². The van der Waals surface area contributed by atoms with Gasteiger partial charge in [-0.2, -0.15) is 0 Å². The lowest BCUT2D eigenvalue weighted by molar-refractivity contribution is -0.138. The molecule has 0 aliphatic rings. The predicted octanol–water partition coefficient (Wildman–Crippen LogP) is 3.06. The number of benzene rings is 1. The van der Waals surface area contributed by atoms with Crippen molar-refractivity contribution in [2.45, 2.75) is 32.2 Å². The van der Waals surface area contributed by atoms with Crippen LogP contribution in [-0.2, 0) is 4.79 Å². The number of nitrogens with zero attached hydrogens (tertiary/aromatic N) is 4. The summed E-state index contributed by atoms with van der Waals surface area (Å²) in [6, 6.07) is 4.20. The van der Waals surface area contributed by atoms with Crippen molar-refractivity contribution in [3.63, 3.8) is 0 Å². The van der Waals surface area contributed by atoms with Crippen molar-refractivity contribution >= 4 is 21.9 Å². The number of carboxylic acid groups (broad SMARTS) is 1. The number of tetrazole rings is 1. The molecule has 1 atom stereocenters. The molecule has 1 heterocycles. The minimum absolute atomic E-state index is 0.0785. The van der Waals surface area contributed by atoms with Crippen LogP contribution >= 0.6 is 15.9 Å². The van der Waals surface area contributed by atoms with Gasteiger partial charge in [-0.3, -0.25) is 4.79 Å². The van der Waals surface area contributed by atoms with Crippen molar-refractivity contribution in [3.8, 4) is 11.4 Å². The monoisotopic (exact) mass is 356 g/mol. The van der Waals surface area contributed by atoms with E-state index in [9.17, 15) is 9.18 Å². The minimum Gasteiger partial charge on any atom is -0.481 e. The van der Waals surface area contributed by atoms with Crippen LogP contribution in [0.25, 0.3) is 11.4 Å². The molecule has 8 heteroatoms. The van der Waals surface area contributed by atoms with Gasteiger partial charge in [0.2, 0.25) is 0 Å². The highest BCUT2D eigenvalue weighted by Gasteiger charge is 2.21. The van der Waals surface area contributed by atoms with Gasteiger partial charge in [0.15, 0.2) is 5.82 Å². The fraction of sp³-hybridized carbons (Fsp3) is 0.385. The second-order valence-corrected chi connectivity index (χ2v) is 5.47. The number of halogens is 2. The standard InChI is InChI=1S/C13H14BrFN4O2/c1-2-3-9(7-12(20)21)19-13(16-17-18-19)8-4-5-10(14)11(15)6-8/h4-6,9H,2-3,7H2,1H3,(H,20,21). The van der Waals surface area contributed by atoms with E-state index in [-0.39, 0.29) is 12.5 Å². The summed E-state index contributed by atoms with van der Waals surface area (Å²) >= 11 is 3.09. The average Bonchev–Trinajstić information content (AvgIpc) is 2.90. The van der Waals surface area contributed by atoms with Gasteiger partial charge >= 0.3 is 5.97 Å². The summed E-state index contributed by atoms with van der Waals surface area (Å²) in [5, 5.41) is 20.4. The number of hydrogen-bond acceptors (Lipinski definition) is 4. The van der Waals surface area contributed by atoms with Gasteiger partial charge in [0.25, 0.3) is 0 Å². The molecule has 2 rings (SSSR count). The Morgan fingerprint density at radius 2 is 2.29 bits per heavy atom. The molecule has 0 amide bonds. The second kappa shape index (κ2) is 6.75. The molecule has 0 aliphatic heterocycles. The van der Waals surface area contributed by atoms with Crippen LogP contribution in [0.5, 0.6) is 0 Å². The van der Waals surface area contributed by atoms with Crippen molar-refractivity contribution in [1.29, 1.82) is 0 Å². The average molecular weight is 357 g/mol. The van der Waals surface area contributed by atoms with E-state index in [4.69, 9.17) is 5.11 Å². The van der Waals surface area contributed by atoms with Gasteiger partial charge in [-0.25, -0.2) is 9.07 Å². The lowest BCUT2D eigenvalue weighted by Gasteiger charge is -2.15. The van der Waals surface area contributed by atoms with Crippen LogP contribution in [0.3, 0.4) is 0 Å². The van der Waals surface area contributed by atoms with Gasteiger partial charge < -0.3 is 5.11 Å². The zero-order chi connectivity index (χ0) is 15.4. The maximum Gasteiger partial charge on any atom is 0.305 e. The lowest BCUT2D eigenvalue weighted by atomic mass is 10.1. The highest BCUT2D eigenvalue weighted by atomic mass is 79.9. The number of rotatable bonds is 6. The first kappa shape index (κ1) is 15.6. The van der Waals surface area contributed by atoms with Gasteiger partial charge in [0.1, 0.15) is 5.82 Å². The predicted molar refractivity (Wildman–Crippen MR) is 77.1 cm³/mol.